The van der Waals surface area contributed by atoms with E-state index in [1.807, 2.05) is 27.2 Å². The lowest BCUT2D eigenvalue weighted by molar-refractivity contribution is -0.870. The van der Waals surface area contributed by atoms with E-state index in [2.05, 4.69) is 43.5 Å². The summed E-state index contributed by atoms with van der Waals surface area (Å²) in [6, 6.07) is -0.866. The predicted molar refractivity (Wildman–Crippen MR) is 258 cm³/mol. The van der Waals surface area contributed by atoms with Crippen LogP contribution in [0.25, 0.3) is 0 Å². The van der Waals surface area contributed by atoms with Gasteiger partial charge in [-0.25, -0.2) is 4.57 Å². The molecule has 354 valence electrons. The molecule has 8 nitrogen and oxygen atoms in total. The lowest BCUT2D eigenvalue weighted by atomic mass is 10.0. The number of carbonyl (C=O) groups is 1. The SMILES string of the molecule is CCCCCCCCCCCC/C=C/CC/C=C/CC/C=C/C(O)C(COP(=O)(O)OCC[N+](C)(C)C)NC(=O)CCCCCCCCCCCCCCCCCCCC. The second-order valence-corrected chi connectivity index (χ2v) is 20.0. The van der Waals surface area contributed by atoms with Crippen molar-refractivity contribution in [1.82, 2.24) is 5.32 Å². The van der Waals surface area contributed by atoms with Crippen molar-refractivity contribution < 1.29 is 32.9 Å². The van der Waals surface area contributed by atoms with Crippen LogP contribution in [0.3, 0.4) is 0 Å². The largest absolute Gasteiger partial charge is 0.472 e. The maximum Gasteiger partial charge on any atom is 0.472 e. The van der Waals surface area contributed by atoms with Crippen molar-refractivity contribution in [2.75, 3.05) is 40.9 Å². The van der Waals surface area contributed by atoms with Crippen LogP contribution in [0.15, 0.2) is 36.5 Å². The Balaban J connectivity index is 4.39. The van der Waals surface area contributed by atoms with Gasteiger partial charge in [0.2, 0.25) is 5.91 Å². The molecule has 0 fully saturated rings. The highest BCUT2D eigenvalue weighted by Crippen LogP contribution is 2.43. The van der Waals surface area contributed by atoms with Crippen LogP contribution in [0.2, 0.25) is 0 Å². The molecule has 0 saturated carbocycles. The third-order valence-corrected chi connectivity index (χ3v) is 12.3. The molecule has 3 atom stereocenters. The van der Waals surface area contributed by atoms with Gasteiger partial charge in [-0.2, -0.15) is 0 Å². The van der Waals surface area contributed by atoms with Crippen molar-refractivity contribution in [2.45, 2.75) is 244 Å². The fourth-order valence-electron chi connectivity index (χ4n) is 7.31. The summed E-state index contributed by atoms with van der Waals surface area (Å²) >= 11 is 0. The quantitative estimate of drug-likeness (QED) is 0.0244. The number of carbonyl (C=O) groups excluding carboxylic acids is 1. The fourth-order valence-corrected chi connectivity index (χ4v) is 8.05. The van der Waals surface area contributed by atoms with Gasteiger partial charge in [-0.05, 0) is 44.9 Å². The predicted octanol–water partition coefficient (Wildman–Crippen LogP) is 14.6. The number of nitrogens with one attached hydrogen (secondary N) is 1. The fraction of sp³-hybridized carbons (Fsp3) is 0.863. The Morgan fingerprint density at radius 1 is 0.550 bits per heavy atom. The molecule has 0 spiro atoms. The molecule has 0 aliphatic rings. The van der Waals surface area contributed by atoms with Gasteiger partial charge >= 0.3 is 7.82 Å². The molecule has 0 aliphatic heterocycles. The highest BCUT2D eigenvalue weighted by Gasteiger charge is 2.27. The van der Waals surface area contributed by atoms with Crippen LogP contribution >= 0.6 is 7.82 Å². The highest BCUT2D eigenvalue weighted by molar-refractivity contribution is 7.47. The number of amides is 1. The van der Waals surface area contributed by atoms with E-state index in [9.17, 15) is 19.4 Å². The maximum atomic E-state index is 12.9. The molecule has 9 heteroatoms. The van der Waals surface area contributed by atoms with Crippen LogP contribution < -0.4 is 5.32 Å². The van der Waals surface area contributed by atoms with E-state index >= 15 is 0 Å². The second-order valence-electron chi connectivity index (χ2n) is 18.5. The molecule has 0 rings (SSSR count). The van der Waals surface area contributed by atoms with Crippen molar-refractivity contribution >= 4 is 13.7 Å². The van der Waals surface area contributed by atoms with Gasteiger partial charge in [-0.3, -0.25) is 13.8 Å². The normalized spacial score (nSPS) is 14.4. The van der Waals surface area contributed by atoms with Crippen molar-refractivity contribution in [2.24, 2.45) is 0 Å². The summed E-state index contributed by atoms with van der Waals surface area (Å²) in [5.74, 6) is -0.188. The zero-order valence-corrected chi connectivity index (χ0v) is 41.1. The Labute approximate surface area is 372 Å². The first-order chi connectivity index (χ1) is 29.0. The van der Waals surface area contributed by atoms with Crippen molar-refractivity contribution in [3.63, 3.8) is 0 Å². The zero-order valence-electron chi connectivity index (χ0n) is 40.2. The number of allylic oxidation sites excluding steroid dienone is 5. The minimum Gasteiger partial charge on any atom is -0.387 e. The molecule has 0 aromatic carbocycles. The van der Waals surface area contributed by atoms with Crippen molar-refractivity contribution in [3.05, 3.63) is 36.5 Å². The van der Waals surface area contributed by atoms with Gasteiger partial charge < -0.3 is 19.8 Å². The average Bonchev–Trinajstić information content (AvgIpc) is 3.20. The summed E-state index contributed by atoms with van der Waals surface area (Å²) in [4.78, 5) is 23.2. The Bertz CT molecular complexity index is 1070. The van der Waals surface area contributed by atoms with E-state index in [0.29, 0.717) is 17.4 Å². The number of hydrogen-bond acceptors (Lipinski definition) is 5. The van der Waals surface area contributed by atoms with Gasteiger partial charge in [0.1, 0.15) is 13.2 Å². The molecule has 0 aromatic heterocycles. The Morgan fingerprint density at radius 2 is 0.917 bits per heavy atom. The minimum absolute atomic E-state index is 0.0549. The van der Waals surface area contributed by atoms with Crippen LogP contribution in [-0.2, 0) is 18.4 Å². The third kappa shape index (κ3) is 44.8. The average molecular weight is 868 g/mol. The van der Waals surface area contributed by atoms with E-state index in [1.165, 1.54) is 167 Å². The smallest absolute Gasteiger partial charge is 0.387 e. The summed E-state index contributed by atoms with van der Waals surface area (Å²) in [7, 11) is 1.55. The van der Waals surface area contributed by atoms with E-state index in [0.717, 1.165) is 44.9 Å². The molecular formula is C51H100N2O6P+. The first-order valence-corrected chi connectivity index (χ1v) is 26.9. The van der Waals surface area contributed by atoms with Crippen LogP contribution in [-0.4, -0.2) is 73.4 Å². The molecule has 0 radical (unpaired) electrons. The summed E-state index contributed by atoms with van der Waals surface area (Å²) < 4.78 is 23.6. The van der Waals surface area contributed by atoms with Crippen LogP contribution in [0.5, 0.6) is 0 Å². The summed E-state index contributed by atoms with van der Waals surface area (Å²) in [6.07, 6.45) is 53.7. The molecule has 0 bridgehead atoms. The molecule has 0 aliphatic carbocycles. The maximum absolute atomic E-state index is 12.9. The Hall–Kier alpha value is -1.28. The highest BCUT2D eigenvalue weighted by atomic mass is 31.2. The number of phosphoric acid groups is 1. The van der Waals surface area contributed by atoms with Crippen LogP contribution in [0.1, 0.15) is 232 Å². The van der Waals surface area contributed by atoms with Gasteiger partial charge in [0, 0.05) is 6.42 Å². The Morgan fingerprint density at radius 3 is 1.33 bits per heavy atom. The van der Waals surface area contributed by atoms with Gasteiger partial charge in [0.15, 0.2) is 0 Å². The summed E-state index contributed by atoms with van der Waals surface area (Å²) in [6.45, 7) is 4.80. The molecule has 0 aromatic rings. The van der Waals surface area contributed by atoms with Gasteiger partial charge in [-0.1, -0.05) is 217 Å². The van der Waals surface area contributed by atoms with E-state index in [-0.39, 0.29) is 19.1 Å². The number of aliphatic hydroxyl groups is 1. The van der Waals surface area contributed by atoms with Gasteiger partial charge in [0.05, 0.1) is 39.9 Å². The van der Waals surface area contributed by atoms with Gasteiger partial charge in [-0.15, -0.1) is 0 Å². The summed E-state index contributed by atoms with van der Waals surface area (Å²) in [5.41, 5.74) is 0. The second kappa shape index (κ2) is 43.0. The van der Waals surface area contributed by atoms with E-state index in [4.69, 9.17) is 9.05 Å². The standard InChI is InChI=1S/C51H99N2O6P/c1-6-8-10-12-14-16-18-20-22-24-26-27-28-30-32-34-36-38-40-42-44-50(54)49(48-59-60(56,57)58-47-46-53(3,4)5)52-51(55)45-43-41-39-37-35-33-31-29-25-23-21-19-17-15-13-11-9-7-2/h27-28,34,36,42,44,49-50,54H,6-26,29-33,35,37-41,43,45-48H2,1-5H3,(H-,52,55,56,57)/p+1/b28-27+,36-34+,44-42+. The number of hydrogen-bond donors (Lipinski definition) is 3. The van der Waals surface area contributed by atoms with Crippen molar-refractivity contribution in [1.29, 1.82) is 0 Å². The molecular weight excluding hydrogens is 768 g/mol. The first-order valence-electron chi connectivity index (χ1n) is 25.4. The zero-order chi connectivity index (χ0) is 44.3. The molecule has 3 unspecified atom stereocenters. The summed E-state index contributed by atoms with van der Waals surface area (Å²) in [5, 5.41) is 13.9. The first kappa shape index (κ1) is 58.7. The molecule has 0 saturated heterocycles. The molecule has 0 heterocycles. The number of likely N-dealkylation sites (N-methyl/N-ethyl adjacent to an activating group) is 1. The van der Waals surface area contributed by atoms with Gasteiger partial charge in [0.25, 0.3) is 0 Å². The lowest BCUT2D eigenvalue weighted by Gasteiger charge is -2.25. The molecule has 1 amide bonds. The van der Waals surface area contributed by atoms with Crippen LogP contribution in [0, 0.1) is 0 Å². The number of aliphatic hydroxyl groups excluding tert-OH is 1. The third-order valence-electron chi connectivity index (χ3n) is 11.3. The number of phosphoric ester groups is 1. The topological polar surface area (TPSA) is 105 Å². The van der Waals surface area contributed by atoms with E-state index in [1.54, 1.807) is 6.08 Å². The number of nitrogens with zero attached hydrogens (tertiary/aromatic N) is 1. The monoisotopic (exact) mass is 868 g/mol. The van der Waals surface area contributed by atoms with Crippen LogP contribution in [0.4, 0.5) is 0 Å². The Kier molecular flexibility index (Phi) is 42.1. The number of unbranched alkanes of at least 4 members (excludes halogenated alkanes) is 29. The minimum atomic E-state index is -4.35. The molecule has 3 N–H and O–H groups in total. The van der Waals surface area contributed by atoms with Crippen molar-refractivity contribution in [3.8, 4) is 0 Å². The van der Waals surface area contributed by atoms with E-state index < -0.39 is 20.0 Å². The number of quaternary nitrogens is 1. The number of rotatable bonds is 46. The lowest BCUT2D eigenvalue weighted by Crippen LogP contribution is -2.45. The molecule has 60 heavy (non-hydrogen) atoms.